The number of methoxy groups -OCH3 is 1. The molecular weight excluding hydrogens is 491 g/mol. The van der Waals surface area contributed by atoms with Crippen molar-refractivity contribution in [2.75, 3.05) is 13.7 Å². The molecule has 4 aromatic rings. The molecule has 2 heterocycles. The van der Waals surface area contributed by atoms with Gasteiger partial charge in [0.1, 0.15) is 34.9 Å². The molecule has 9 nitrogen and oxygen atoms in total. The van der Waals surface area contributed by atoms with Gasteiger partial charge in [-0.2, -0.15) is 0 Å². The molecule has 0 bridgehead atoms. The number of benzene rings is 3. The van der Waals surface area contributed by atoms with E-state index in [0.29, 0.717) is 53.8 Å². The summed E-state index contributed by atoms with van der Waals surface area (Å²) in [6.45, 7) is 0.409. The fourth-order valence-corrected chi connectivity index (χ4v) is 5.08. The maximum absolute atomic E-state index is 15.0. The lowest BCUT2D eigenvalue weighted by atomic mass is 9.98. The van der Waals surface area contributed by atoms with Crippen molar-refractivity contribution < 1.29 is 28.1 Å². The van der Waals surface area contributed by atoms with Crippen LogP contribution in [0.15, 0.2) is 54.6 Å². The van der Waals surface area contributed by atoms with Crippen molar-refractivity contribution in [2.24, 2.45) is 7.05 Å². The van der Waals surface area contributed by atoms with Gasteiger partial charge < -0.3 is 18.9 Å². The Morgan fingerprint density at radius 3 is 2.71 bits per heavy atom. The summed E-state index contributed by atoms with van der Waals surface area (Å²) in [6.07, 6.45) is 1.05. The summed E-state index contributed by atoms with van der Waals surface area (Å²) in [7, 11) is 3.15. The molecule has 2 aliphatic rings. The molecule has 0 N–H and O–H groups in total. The van der Waals surface area contributed by atoms with Crippen LogP contribution in [0.1, 0.15) is 41.6 Å². The van der Waals surface area contributed by atoms with E-state index in [2.05, 4.69) is 15.5 Å². The van der Waals surface area contributed by atoms with Gasteiger partial charge in [-0.3, -0.25) is 4.79 Å². The highest BCUT2D eigenvalue weighted by molar-refractivity contribution is 5.71. The van der Waals surface area contributed by atoms with Gasteiger partial charge >= 0.3 is 5.97 Å². The Labute approximate surface area is 218 Å². The van der Waals surface area contributed by atoms with Gasteiger partial charge in [-0.15, -0.1) is 5.10 Å². The minimum atomic E-state index is -0.454. The molecule has 6 rings (SSSR count). The monoisotopic (exact) mass is 516 g/mol. The molecule has 1 unspecified atom stereocenters. The van der Waals surface area contributed by atoms with E-state index in [0.717, 1.165) is 16.7 Å². The topological polar surface area (TPSA) is 97.6 Å². The van der Waals surface area contributed by atoms with Crippen LogP contribution in [-0.2, 0) is 23.0 Å². The third-order valence-corrected chi connectivity index (χ3v) is 6.98. The second kappa shape index (κ2) is 9.77. The van der Waals surface area contributed by atoms with Crippen molar-refractivity contribution in [1.82, 2.24) is 20.2 Å². The number of rotatable bonds is 7. The normalized spacial score (nSPS) is 17.4. The highest BCUT2D eigenvalue weighted by Gasteiger charge is 2.32. The summed E-state index contributed by atoms with van der Waals surface area (Å²) in [5.41, 5.74) is 3.11. The predicted octanol–water partition coefficient (Wildman–Crippen LogP) is 4.91. The van der Waals surface area contributed by atoms with Gasteiger partial charge in [0, 0.05) is 41.3 Å². The third kappa shape index (κ3) is 4.42. The molecule has 0 saturated carbocycles. The van der Waals surface area contributed by atoms with Crippen LogP contribution in [0, 0.1) is 5.82 Å². The maximum atomic E-state index is 15.0. The molecule has 0 saturated heterocycles. The van der Waals surface area contributed by atoms with Crippen LogP contribution in [0.2, 0.25) is 0 Å². The zero-order valence-electron chi connectivity index (χ0n) is 20.9. The maximum Gasteiger partial charge on any atom is 0.306 e. The van der Waals surface area contributed by atoms with E-state index in [9.17, 15) is 4.79 Å². The molecule has 1 aromatic heterocycles. The predicted molar refractivity (Wildman–Crippen MR) is 134 cm³/mol. The number of ether oxygens (including phenoxy) is 4. The van der Waals surface area contributed by atoms with Crippen molar-refractivity contribution in [2.45, 2.75) is 31.3 Å². The second-order valence-corrected chi connectivity index (χ2v) is 9.32. The van der Waals surface area contributed by atoms with E-state index in [1.54, 1.807) is 23.9 Å². The molecule has 0 radical (unpaired) electrons. The van der Waals surface area contributed by atoms with E-state index in [4.69, 9.17) is 18.9 Å². The van der Waals surface area contributed by atoms with Gasteiger partial charge in [0.2, 0.25) is 0 Å². The number of hydrogen-bond acceptors (Lipinski definition) is 8. The van der Waals surface area contributed by atoms with Gasteiger partial charge in [0.15, 0.2) is 5.82 Å². The van der Waals surface area contributed by atoms with Crippen LogP contribution in [0.25, 0.3) is 11.4 Å². The lowest BCUT2D eigenvalue weighted by Gasteiger charge is -2.17. The van der Waals surface area contributed by atoms with E-state index in [1.807, 2.05) is 36.4 Å². The summed E-state index contributed by atoms with van der Waals surface area (Å²) in [5.74, 6) is 2.48. The number of carbonyl (C=O) groups excluding carboxylic acids is 1. The summed E-state index contributed by atoms with van der Waals surface area (Å²) >= 11 is 0. The Morgan fingerprint density at radius 2 is 1.95 bits per heavy atom. The van der Waals surface area contributed by atoms with Crippen LogP contribution < -0.4 is 14.2 Å². The average molecular weight is 517 g/mol. The van der Waals surface area contributed by atoms with Gasteiger partial charge in [0.25, 0.3) is 0 Å². The summed E-state index contributed by atoms with van der Waals surface area (Å²) < 4.78 is 39.6. The molecule has 0 spiro atoms. The minimum absolute atomic E-state index is 0.0537. The van der Waals surface area contributed by atoms with Crippen molar-refractivity contribution in [3.05, 3.63) is 77.1 Å². The zero-order chi connectivity index (χ0) is 26.2. The lowest BCUT2D eigenvalue weighted by Crippen LogP contribution is -2.09. The molecule has 2 atom stereocenters. The van der Waals surface area contributed by atoms with Gasteiger partial charge in [-0.25, -0.2) is 9.07 Å². The SMILES string of the molecule is COC(=O)CC1COc2cc(O[C@@H]3CCc4c(Oc5ccc(-c6nnnn6C)cc5)ccc(F)c43)ccc21. The van der Waals surface area contributed by atoms with Crippen LogP contribution in [0.5, 0.6) is 23.0 Å². The number of fused-ring (bicyclic) bond motifs is 2. The molecule has 1 aliphatic heterocycles. The molecule has 1 aliphatic carbocycles. The fraction of sp³-hybridized carbons (Fsp3) is 0.286. The van der Waals surface area contributed by atoms with Gasteiger partial charge in [0.05, 0.1) is 20.1 Å². The van der Waals surface area contributed by atoms with Crippen molar-refractivity contribution in [3.63, 3.8) is 0 Å². The standard InChI is InChI=1S/C28H25FN4O5/c1-33-28(30-31-32-33)16-3-5-18(6-4-16)37-23-12-10-22(29)27-21(23)9-11-24(27)38-19-7-8-20-17(13-26(34)35-2)15-36-25(20)14-19/h3-8,10,12,14,17,24H,9,11,13,15H2,1-2H3/t17?,24-/m1/s1. The summed E-state index contributed by atoms with van der Waals surface area (Å²) in [6, 6.07) is 16.0. The number of tetrazole rings is 1. The number of aromatic nitrogens is 4. The molecular formula is C28H25FN4O5. The Kier molecular flexibility index (Phi) is 6.15. The smallest absolute Gasteiger partial charge is 0.306 e. The molecule has 0 amide bonds. The number of nitrogens with zero attached hydrogens (tertiary/aromatic N) is 4. The molecule has 3 aromatic carbocycles. The molecule has 10 heteroatoms. The summed E-state index contributed by atoms with van der Waals surface area (Å²) in [4.78, 5) is 11.7. The number of aryl methyl sites for hydroxylation is 1. The number of esters is 1. The van der Waals surface area contributed by atoms with Crippen molar-refractivity contribution >= 4 is 5.97 Å². The van der Waals surface area contributed by atoms with Crippen LogP contribution in [0.4, 0.5) is 4.39 Å². The Balaban J connectivity index is 1.19. The Morgan fingerprint density at radius 1 is 1.13 bits per heavy atom. The first-order valence-corrected chi connectivity index (χ1v) is 12.3. The van der Waals surface area contributed by atoms with Crippen molar-refractivity contribution in [1.29, 1.82) is 0 Å². The lowest BCUT2D eigenvalue weighted by molar-refractivity contribution is -0.141. The molecule has 0 fully saturated rings. The van der Waals surface area contributed by atoms with Crippen LogP contribution in [-0.4, -0.2) is 39.9 Å². The molecule has 194 valence electrons. The van der Waals surface area contributed by atoms with Gasteiger partial charge in [-0.05, 0) is 65.7 Å². The first-order valence-electron chi connectivity index (χ1n) is 12.3. The quantitative estimate of drug-likeness (QED) is 0.320. The van der Waals surface area contributed by atoms with Crippen molar-refractivity contribution in [3.8, 4) is 34.4 Å². The Bertz CT molecular complexity index is 1500. The van der Waals surface area contributed by atoms with E-state index >= 15 is 4.39 Å². The fourth-order valence-electron chi connectivity index (χ4n) is 5.08. The first-order chi connectivity index (χ1) is 18.5. The second-order valence-electron chi connectivity index (χ2n) is 9.32. The summed E-state index contributed by atoms with van der Waals surface area (Å²) in [5, 5.41) is 11.5. The number of hydrogen-bond donors (Lipinski definition) is 0. The van der Waals surface area contributed by atoms with E-state index in [1.165, 1.54) is 13.2 Å². The number of halogens is 1. The van der Waals surface area contributed by atoms with Gasteiger partial charge in [-0.1, -0.05) is 6.07 Å². The largest absolute Gasteiger partial charge is 0.492 e. The molecule has 38 heavy (non-hydrogen) atoms. The van der Waals surface area contributed by atoms with Crippen LogP contribution in [0.3, 0.4) is 0 Å². The van der Waals surface area contributed by atoms with Crippen LogP contribution >= 0.6 is 0 Å². The first kappa shape index (κ1) is 23.9. The number of carbonyl (C=O) groups is 1. The Hall–Kier alpha value is -4.47. The zero-order valence-corrected chi connectivity index (χ0v) is 20.9. The average Bonchev–Trinajstić information content (AvgIpc) is 3.65. The highest BCUT2D eigenvalue weighted by Crippen LogP contribution is 2.44. The van der Waals surface area contributed by atoms with E-state index < -0.39 is 6.10 Å². The minimum Gasteiger partial charge on any atom is -0.492 e. The highest BCUT2D eigenvalue weighted by atomic mass is 19.1. The third-order valence-electron chi connectivity index (χ3n) is 6.98. The van der Waals surface area contributed by atoms with E-state index in [-0.39, 0.29) is 24.1 Å².